The zero-order chi connectivity index (χ0) is 13.1. The van der Waals surface area contributed by atoms with Gasteiger partial charge in [0.2, 0.25) is 5.91 Å². The number of rotatable bonds is 2. The summed E-state index contributed by atoms with van der Waals surface area (Å²) >= 11 is 0. The van der Waals surface area contributed by atoms with Gasteiger partial charge in [-0.3, -0.25) is 4.79 Å². The predicted molar refractivity (Wildman–Crippen MR) is 67.2 cm³/mol. The topological polar surface area (TPSA) is 60.9 Å². The van der Waals surface area contributed by atoms with Crippen LogP contribution < -0.4 is 0 Å². The quantitative estimate of drug-likeness (QED) is 0.791. The van der Waals surface area contributed by atoms with Crippen molar-refractivity contribution in [3.05, 3.63) is 0 Å². The van der Waals surface area contributed by atoms with Crippen molar-refractivity contribution in [1.82, 2.24) is 9.80 Å². The van der Waals surface area contributed by atoms with E-state index < -0.39 is 12.0 Å². The van der Waals surface area contributed by atoms with Crippen molar-refractivity contribution in [2.75, 3.05) is 26.7 Å². The summed E-state index contributed by atoms with van der Waals surface area (Å²) in [5.41, 5.74) is 0. The van der Waals surface area contributed by atoms with Crippen LogP contribution in [0.15, 0.2) is 0 Å². The number of hydrogen-bond acceptors (Lipinski definition) is 3. The number of aliphatic carboxylic acids is 1. The SMILES string of the molecule is CN1CCCC(C(=O)N2CCCCC2C(=O)O)C1. The third-order valence-electron chi connectivity index (χ3n) is 4.04. The Morgan fingerprint density at radius 3 is 2.56 bits per heavy atom. The van der Waals surface area contributed by atoms with E-state index >= 15 is 0 Å². The molecule has 2 aliphatic rings. The molecule has 0 saturated carbocycles. The van der Waals surface area contributed by atoms with E-state index in [4.69, 9.17) is 0 Å². The molecule has 0 aromatic carbocycles. The smallest absolute Gasteiger partial charge is 0.326 e. The van der Waals surface area contributed by atoms with Crippen LogP contribution in [0.25, 0.3) is 0 Å². The molecular weight excluding hydrogens is 232 g/mol. The van der Waals surface area contributed by atoms with Crippen molar-refractivity contribution in [3.8, 4) is 0 Å². The summed E-state index contributed by atoms with van der Waals surface area (Å²) < 4.78 is 0. The van der Waals surface area contributed by atoms with Gasteiger partial charge in [-0.2, -0.15) is 0 Å². The number of carbonyl (C=O) groups excluding carboxylic acids is 1. The first-order valence-corrected chi connectivity index (χ1v) is 6.81. The molecule has 0 aliphatic carbocycles. The molecule has 1 amide bonds. The van der Waals surface area contributed by atoms with Crippen molar-refractivity contribution in [2.24, 2.45) is 5.92 Å². The molecule has 102 valence electrons. The van der Waals surface area contributed by atoms with Crippen LogP contribution in [-0.4, -0.2) is 59.5 Å². The number of carbonyl (C=O) groups is 2. The van der Waals surface area contributed by atoms with Crippen LogP contribution in [-0.2, 0) is 9.59 Å². The number of carboxylic acids is 1. The maximum Gasteiger partial charge on any atom is 0.326 e. The summed E-state index contributed by atoms with van der Waals surface area (Å²) in [5.74, 6) is -0.815. The van der Waals surface area contributed by atoms with Crippen LogP contribution in [0.1, 0.15) is 32.1 Å². The van der Waals surface area contributed by atoms with E-state index in [1.54, 1.807) is 4.90 Å². The van der Waals surface area contributed by atoms with Gasteiger partial charge in [0.1, 0.15) is 6.04 Å². The molecule has 2 aliphatic heterocycles. The maximum atomic E-state index is 12.4. The van der Waals surface area contributed by atoms with Crippen molar-refractivity contribution < 1.29 is 14.7 Å². The van der Waals surface area contributed by atoms with E-state index in [-0.39, 0.29) is 11.8 Å². The Bertz CT molecular complexity index is 332. The zero-order valence-corrected chi connectivity index (χ0v) is 11.0. The van der Waals surface area contributed by atoms with E-state index in [1.807, 2.05) is 7.05 Å². The summed E-state index contributed by atoms with van der Waals surface area (Å²) in [5, 5.41) is 9.20. The molecule has 0 spiro atoms. The summed E-state index contributed by atoms with van der Waals surface area (Å²) in [6.45, 7) is 2.41. The Labute approximate surface area is 108 Å². The van der Waals surface area contributed by atoms with E-state index in [9.17, 15) is 14.7 Å². The van der Waals surface area contributed by atoms with Gasteiger partial charge in [0.05, 0.1) is 5.92 Å². The van der Waals surface area contributed by atoms with Crippen LogP contribution in [0.4, 0.5) is 0 Å². The largest absolute Gasteiger partial charge is 0.480 e. The number of likely N-dealkylation sites (tertiary alicyclic amines) is 2. The predicted octanol–water partition coefficient (Wildman–Crippen LogP) is 0.794. The van der Waals surface area contributed by atoms with E-state index in [2.05, 4.69) is 4.90 Å². The molecule has 2 unspecified atom stereocenters. The number of carboxylic acid groups (broad SMARTS) is 1. The molecule has 2 rings (SSSR count). The molecule has 0 aromatic heterocycles. The first-order chi connectivity index (χ1) is 8.59. The normalized spacial score (nSPS) is 30.2. The lowest BCUT2D eigenvalue weighted by Crippen LogP contribution is -2.52. The van der Waals surface area contributed by atoms with Gasteiger partial charge in [0.25, 0.3) is 0 Å². The van der Waals surface area contributed by atoms with Gasteiger partial charge >= 0.3 is 5.97 Å². The van der Waals surface area contributed by atoms with Crippen LogP contribution >= 0.6 is 0 Å². The van der Waals surface area contributed by atoms with Crippen molar-refractivity contribution in [2.45, 2.75) is 38.1 Å². The average Bonchev–Trinajstić information content (AvgIpc) is 2.38. The summed E-state index contributed by atoms with van der Waals surface area (Å²) in [4.78, 5) is 27.4. The molecule has 5 nitrogen and oxygen atoms in total. The Morgan fingerprint density at radius 2 is 1.89 bits per heavy atom. The van der Waals surface area contributed by atoms with Gasteiger partial charge in [-0.1, -0.05) is 0 Å². The molecule has 2 saturated heterocycles. The number of hydrogen-bond donors (Lipinski definition) is 1. The molecular formula is C13H22N2O3. The van der Waals surface area contributed by atoms with Crippen LogP contribution in [0.3, 0.4) is 0 Å². The van der Waals surface area contributed by atoms with Gasteiger partial charge in [0, 0.05) is 13.1 Å². The highest BCUT2D eigenvalue weighted by atomic mass is 16.4. The minimum absolute atomic E-state index is 0.0105. The number of piperidine rings is 2. The second-order valence-corrected chi connectivity index (χ2v) is 5.48. The number of amides is 1. The monoisotopic (exact) mass is 254 g/mol. The summed E-state index contributed by atoms with van der Waals surface area (Å²) in [6, 6.07) is -0.599. The van der Waals surface area contributed by atoms with Crippen molar-refractivity contribution in [1.29, 1.82) is 0 Å². The van der Waals surface area contributed by atoms with Crippen molar-refractivity contribution >= 4 is 11.9 Å². The fourth-order valence-corrected chi connectivity index (χ4v) is 3.05. The van der Waals surface area contributed by atoms with E-state index in [0.29, 0.717) is 13.0 Å². The molecule has 2 fully saturated rings. The maximum absolute atomic E-state index is 12.4. The Hall–Kier alpha value is -1.10. The van der Waals surface area contributed by atoms with Crippen molar-refractivity contribution in [3.63, 3.8) is 0 Å². The molecule has 1 N–H and O–H groups in total. The third-order valence-corrected chi connectivity index (χ3v) is 4.04. The standard InChI is InChI=1S/C13H22N2O3/c1-14-7-4-5-10(9-14)12(16)15-8-3-2-6-11(15)13(17)18/h10-11H,2-9H2,1H3,(H,17,18). The van der Waals surface area contributed by atoms with E-state index in [0.717, 1.165) is 38.8 Å². The number of nitrogens with zero attached hydrogens (tertiary/aromatic N) is 2. The molecule has 2 atom stereocenters. The first kappa shape index (κ1) is 13.3. The Morgan fingerprint density at radius 1 is 1.11 bits per heavy atom. The van der Waals surface area contributed by atoms with Gasteiger partial charge in [0.15, 0.2) is 0 Å². The van der Waals surface area contributed by atoms with Crippen LogP contribution in [0.5, 0.6) is 0 Å². The summed E-state index contributed by atoms with van der Waals surface area (Å²) in [6.07, 6.45) is 4.36. The lowest BCUT2D eigenvalue weighted by molar-refractivity contribution is -0.154. The second kappa shape index (κ2) is 5.69. The molecule has 0 bridgehead atoms. The Balaban J connectivity index is 2.03. The highest BCUT2D eigenvalue weighted by molar-refractivity contribution is 5.85. The molecule has 18 heavy (non-hydrogen) atoms. The molecule has 0 radical (unpaired) electrons. The Kier molecular flexibility index (Phi) is 4.22. The zero-order valence-electron chi connectivity index (χ0n) is 11.0. The fraction of sp³-hybridized carbons (Fsp3) is 0.846. The molecule has 2 heterocycles. The third kappa shape index (κ3) is 2.83. The highest BCUT2D eigenvalue weighted by Gasteiger charge is 2.36. The van der Waals surface area contributed by atoms with Gasteiger partial charge < -0.3 is 14.9 Å². The van der Waals surface area contributed by atoms with Crippen LogP contribution in [0, 0.1) is 5.92 Å². The lowest BCUT2D eigenvalue weighted by Gasteiger charge is -2.38. The first-order valence-electron chi connectivity index (χ1n) is 6.81. The molecule has 0 aromatic rings. The highest BCUT2D eigenvalue weighted by Crippen LogP contribution is 2.23. The fourth-order valence-electron chi connectivity index (χ4n) is 3.05. The molecule has 5 heteroatoms. The minimum Gasteiger partial charge on any atom is -0.480 e. The van der Waals surface area contributed by atoms with Crippen LogP contribution in [0.2, 0.25) is 0 Å². The summed E-state index contributed by atoms with van der Waals surface area (Å²) in [7, 11) is 2.02. The lowest BCUT2D eigenvalue weighted by atomic mass is 9.94. The van der Waals surface area contributed by atoms with Gasteiger partial charge in [-0.25, -0.2) is 4.79 Å². The second-order valence-electron chi connectivity index (χ2n) is 5.48. The van der Waals surface area contributed by atoms with E-state index in [1.165, 1.54) is 0 Å². The van der Waals surface area contributed by atoms with Gasteiger partial charge in [-0.15, -0.1) is 0 Å². The minimum atomic E-state index is -0.854. The average molecular weight is 254 g/mol. The van der Waals surface area contributed by atoms with Gasteiger partial charge in [-0.05, 0) is 45.7 Å².